The van der Waals surface area contributed by atoms with E-state index < -0.39 is 5.97 Å². The van der Waals surface area contributed by atoms with Crippen molar-refractivity contribution in [2.45, 2.75) is 40.0 Å². The molecule has 0 aromatic carbocycles. The Balaban J connectivity index is 2.60. The van der Waals surface area contributed by atoms with Gasteiger partial charge in [-0.05, 0) is 18.8 Å². The van der Waals surface area contributed by atoms with E-state index >= 15 is 0 Å². The van der Waals surface area contributed by atoms with Gasteiger partial charge in [-0.3, -0.25) is 4.79 Å². The fourth-order valence-corrected chi connectivity index (χ4v) is 1.78. The van der Waals surface area contributed by atoms with Crippen molar-refractivity contribution in [3.8, 4) is 0 Å². The van der Waals surface area contributed by atoms with Gasteiger partial charge in [-0.15, -0.1) is 0 Å². The first-order valence-electron chi connectivity index (χ1n) is 6.59. The molecule has 2 N–H and O–H groups in total. The van der Waals surface area contributed by atoms with Crippen LogP contribution in [0.5, 0.6) is 0 Å². The summed E-state index contributed by atoms with van der Waals surface area (Å²) < 4.78 is 5.27. The summed E-state index contributed by atoms with van der Waals surface area (Å²) in [6, 6.07) is 1.29. The first kappa shape index (κ1) is 15.3. The molecular weight excluding hydrogens is 246 g/mol. The highest BCUT2D eigenvalue weighted by atomic mass is 16.4. The number of hydrogen-bond acceptors (Lipinski definition) is 3. The van der Waals surface area contributed by atoms with E-state index in [1.54, 1.807) is 6.92 Å². The minimum absolute atomic E-state index is 0.0647. The van der Waals surface area contributed by atoms with Crippen molar-refractivity contribution < 1.29 is 19.1 Å². The number of aromatic carboxylic acids is 1. The van der Waals surface area contributed by atoms with Crippen molar-refractivity contribution in [1.29, 1.82) is 0 Å². The lowest BCUT2D eigenvalue weighted by molar-refractivity contribution is 0.0694. The van der Waals surface area contributed by atoms with Gasteiger partial charge in [-0.2, -0.15) is 0 Å². The average molecular weight is 267 g/mol. The van der Waals surface area contributed by atoms with Crippen molar-refractivity contribution in [3.05, 3.63) is 23.2 Å². The molecule has 0 bridgehead atoms. The molecule has 1 heterocycles. The zero-order valence-electron chi connectivity index (χ0n) is 11.7. The number of carboxylic acid groups (broad SMARTS) is 1. The lowest BCUT2D eigenvalue weighted by atomic mass is 10.1. The average Bonchev–Trinajstić information content (AvgIpc) is 2.78. The standard InChI is InChI=1S/C14H21NO4/c1-4-11-10(14(17)18)8-12(19-11)13(16)15-7-5-6-9(2)3/h8-9H,4-7H2,1-3H3,(H,15,16)(H,17,18). The fraction of sp³-hybridized carbons (Fsp3) is 0.571. The van der Waals surface area contributed by atoms with E-state index in [1.807, 2.05) is 0 Å². The molecule has 0 aliphatic rings. The smallest absolute Gasteiger partial charge is 0.339 e. The van der Waals surface area contributed by atoms with Crippen LogP contribution in [0, 0.1) is 5.92 Å². The molecule has 0 unspecified atom stereocenters. The normalized spacial score (nSPS) is 10.7. The summed E-state index contributed by atoms with van der Waals surface area (Å²) in [6.07, 6.45) is 2.39. The Morgan fingerprint density at radius 3 is 2.58 bits per heavy atom. The molecule has 1 rings (SSSR count). The molecule has 5 nitrogen and oxygen atoms in total. The number of carbonyl (C=O) groups excluding carboxylic acids is 1. The van der Waals surface area contributed by atoms with Crippen molar-refractivity contribution in [2.24, 2.45) is 5.92 Å². The molecule has 0 aliphatic heterocycles. The van der Waals surface area contributed by atoms with Crippen LogP contribution >= 0.6 is 0 Å². The second-order valence-corrected chi connectivity index (χ2v) is 4.90. The van der Waals surface area contributed by atoms with Gasteiger partial charge in [0.05, 0.1) is 0 Å². The van der Waals surface area contributed by atoms with E-state index in [0.29, 0.717) is 24.6 Å². The molecule has 19 heavy (non-hydrogen) atoms. The highest BCUT2D eigenvalue weighted by molar-refractivity contribution is 5.96. The first-order chi connectivity index (χ1) is 8.95. The van der Waals surface area contributed by atoms with Gasteiger partial charge >= 0.3 is 5.97 Å². The number of rotatable bonds is 7. The molecule has 1 aromatic rings. The second kappa shape index (κ2) is 6.97. The molecule has 1 amide bonds. The van der Waals surface area contributed by atoms with E-state index in [1.165, 1.54) is 6.07 Å². The van der Waals surface area contributed by atoms with Gasteiger partial charge in [0.2, 0.25) is 0 Å². The van der Waals surface area contributed by atoms with Crippen LogP contribution in [0.25, 0.3) is 0 Å². The maximum atomic E-state index is 11.8. The third-order valence-corrected chi connectivity index (χ3v) is 2.83. The van der Waals surface area contributed by atoms with Crippen LogP contribution in [0.3, 0.4) is 0 Å². The number of nitrogens with one attached hydrogen (secondary N) is 1. The molecular formula is C14H21NO4. The van der Waals surface area contributed by atoms with Gasteiger partial charge in [-0.25, -0.2) is 4.79 Å². The summed E-state index contributed by atoms with van der Waals surface area (Å²) in [5.41, 5.74) is 0.0647. The van der Waals surface area contributed by atoms with E-state index in [0.717, 1.165) is 12.8 Å². The minimum Gasteiger partial charge on any atom is -0.478 e. The summed E-state index contributed by atoms with van der Waals surface area (Å²) >= 11 is 0. The topological polar surface area (TPSA) is 79.5 Å². The fourth-order valence-electron chi connectivity index (χ4n) is 1.78. The zero-order valence-corrected chi connectivity index (χ0v) is 11.7. The van der Waals surface area contributed by atoms with Crippen molar-refractivity contribution >= 4 is 11.9 Å². The Hall–Kier alpha value is -1.78. The Bertz CT molecular complexity index is 448. The van der Waals surface area contributed by atoms with Gasteiger partial charge < -0.3 is 14.8 Å². The largest absolute Gasteiger partial charge is 0.478 e. The molecule has 0 saturated heterocycles. The molecule has 5 heteroatoms. The molecule has 106 valence electrons. The van der Waals surface area contributed by atoms with Gasteiger partial charge in [0, 0.05) is 19.0 Å². The third-order valence-electron chi connectivity index (χ3n) is 2.83. The lowest BCUT2D eigenvalue weighted by Gasteiger charge is -2.05. The van der Waals surface area contributed by atoms with Crippen LogP contribution in [-0.2, 0) is 6.42 Å². The van der Waals surface area contributed by atoms with Crippen LogP contribution in [0.15, 0.2) is 10.5 Å². The highest BCUT2D eigenvalue weighted by Gasteiger charge is 2.19. The van der Waals surface area contributed by atoms with E-state index in [2.05, 4.69) is 19.2 Å². The summed E-state index contributed by atoms with van der Waals surface area (Å²) in [5.74, 6) is -0.421. The van der Waals surface area contributed by atoms with Gasteiger partial charge in [0.1, 0.15) is 11.3 Å². The number of carboxylic acids is 1. The summed E-state index contributed by atoms with van der Waals surface area (Å²) in [7, 11) is 0. The van der Waals surface area contributed by atoms with Crippen LogP contribution in [-0.4, -0.2) is 23.5 Å². The van der Waals surface area contributed by atoms with Gasteiger partial charge in [0.25, 0.3) is 5.91 Å². The monoisotopic (exact) mass is 267 g/mol. The first-order valence-corrected chi connectivity index (χ1v) is 6.59. The quantitative estimate of drug-likeness (QED) is 0.744. The van der Waals surface area contributed by atoms with Crippen LogP contribution in [0.4, 0.5) is 0 Å². The number of amides is 1. The van der Waals surface area contributed by atoms with Gasteiger partial charge in [0.15, 0.2) is 5.76 Å². The zero-order chi connectivity index (χ0) is 14.4. The minimum atomic E-state index is -1.07. The predicted octanol–water partition coefficient (Wildman–Crippen LogP) is 2.71. The van der Waals surface area contributed by atoms with Crippen LogP contribution in [0.2, 0.25) is 0 Å². The SMILES string of the molecule is CCc1oc(C(=O)NCCCC(C)C)cc1C(=O)O. The number of aryl methyl sites for hydroxylation is 1. The third kappa shape index (κ3) is 4.43. The molecule has 0 spiro atoms. The van der Waals surface area contributed by atoms with E-state index in [9.17, 15) is 9.59 Å². The maximum absolute atomic E-state index is 11.8. The molecule has 0 radical (unpaired) electrons. The molecule has 0 aliphatic carbocycles. The highest BCUT2D eigenvalue weighted by Crippen LogP contribution is 2.16. The number of hydrogen-bond donors (Lipinski definition) is 2. The second-order valence-electron chi connectivity index (χ2n) is 4.90. The molecule has 1 aromatic heterocycles. The molecule has 0 atom stereocenters. The maximum Gasteiger partial charge on any atom is 0.339 e. The van der Waals surface area contributed by atoms with Crippen molar-refractivity contribution in [1.82, 2.24) is 5.32 Å². The predicted molar refractivity (Wildman–Crippen MR) is 71.5 cm³/mol. The van der Waals surface area contributed by atoms with Crippen molar-refractivity contribution in [3.63, 3.8) is 0 Å². The lowest BCUT2D eigenvalue weighted by Crippen LogP contribution is -2.24. The van der Waals surface area contributed by atoms with Crippen molar-refractivity contribution in [2.75, 3.05) is 6.54 Å². The van der Waals surface area contributed by atoms with Gasteiger partial charge in [-0.1, -0.05) is 20.8 Å². The van der Waals surface area contributed by atoms with Crippen LogP contribution < -0.4 is 5.32 Å². The number of carbonyl (C=O) groups is 2. The Labute approximate surface area is 113 Å². The molecule has 0 fully saturated rings. The summed E-state index contributed by atoms with van der Waals surface area (Å²) in [4.78, 5) is 22.8. The van der Waals surface area contributed by atoms with E-state index in [-0.39, 0.29) is 17.2 Å². The summed E-state index contributed by atoms with van der Waals surface area (Å²) in [6.45, 7) is 6.61. The Morgan fingerprint density at radius 2 is 2.11 bits per heavy atom. The Morgan fingerprint density at radius 1 is 1.42 bits per heavy atom. The molecule has 0 saturated carbocycles. The Kier molecular flexibility index (Phi) is 5.60. The summed E-state index contributed by atoms with van der Waals surface area (Å²) in [5, 5.41) is 11.7. The van der Waals surface area contributed by atoms with E-state index in [4.69, 9.17) is 9.52 Å². The number of furan rings is 1. The van der Waals surface area contributed by atoms with Crippen LogP contribution in [0.1, 0.15) is 60.3 Å².